The first-order valence-corrected chi connectivity index (χ1v) is 10.0. The van der Waals surface area contributed by atoms with Crippen molar-refractivity contribution in [3.8, 4) is 0 Å². The van der Waals surface area contributed by atoms with Gasteiger partial charge in [-0.15, -0.1) is 0 Å². The SMILES string of the molecule is CCNC(=NCC(C)(C)c1ccccc1)NC1CCc2nc(COC)nn2C1. The van der Waals surface area contributed by atoms with Crippen LogP contribution in [0.25, 0.3) is 0 Å². The Morgan fingerprint density at radius 1 is 1.32 bits per heavy atom. The van der Waals surface area contributed by atoms with E-state index in [2.05, 4.69) is 65.8 Å². The standard InChI is InChI=1S/C21H32N6O/c1-5-22-20(23-15-21(2,3)16-9-7-6-8-10-16)24-17-11-12-19-25-18(14-28-4)26-27(19)13-17/h6-10,17H,5,11-15H2,1-4H3,(H2,22,23,24). The van der Waals surface area contributed by atoms with E-state index in [9.17, 15) is 0 Å². The number of methoxy groups -OCH3 is 1. The molecule has 0 saturated carbocycles. The van der Waals surface area contributed by atoms with E-state index in [0.29, 0.717) is 13.2 Å². The Morgan fingerprint density at radius 2 is 2.11 bits per heavy atom. The topological polar surface area (TPSA) is 76.4 Å². The van der Waals surface area contributed by atoms with Crippen molar-refractivity contribution >= 4 is 5.96 Å². The molecule has 0 fully saturated rings. The van der Waals surface area contributed by atoms with Crippen molar-refractivity contribution in [1.82, 2.24) is 25.4 Å². The quantitative estimate of drug-likeness (QED) is 0.566. The Bertz CT molecular complexity index is 783. The Labute approximate surface area is 167 Å². The van der Waals surface area contributed by atoms with Crippen LogP contribution in [0, 0.1) is 0 Å². The average Bonchev–Trinajstić information content (AvgIpc) is 3.09. The number of fused-ring (bicyclic) bond motifs is 1. The number of aliphatic imine (C=N–C) groups is 1. The maximum absolute atomic E-state index is 5.15. The minimum Gasteiger partial charge on any atom is -0.377 e. The van der Waals surface area contributed by atoms with Gasteiger partial charge in [0, 0.05) is 31.5 Å². The molecule has 1 atom stereocenters. The number of ether oxygens (including phenoxy) is 1. The van der Waals surface area contributed by atoms with Gasteiger partial charge >= 0.3 is 0 Å². The van der Waals surface area contributed by atoms with Gasteiger partial charge in [0.2, 0.25) is 0 Å². The third kappa shape index (κ3) is 5.10. The lowest BCUT2D eigenvalue weighted by Crippen LogP contribution is -2.47. The predicted molar refractivity (Wildman–Crippen MR) is 111 cm³/mol. The van der Waals surface area contributed by atoms with E-state index in [0.717, 1.165) is 43.5 Å². The van der Waals surface area contributed by atoms with Crippen molar-refractivity contribution in [2.45, 2.75) is 58.2 Å². The van der Waals surface area contributed by atoms with E-state index in [1.807, 2.05) is 10.7 Å². The number of aryl methyl sites for hydroxylation is 1. The molecule has 0 bridgehead atoms. The molecule has 1 aromatic carbocycles. The smallest absolute Gasteiger partial charge is 0.191 e. The van der Waals surface area contributed by atoms with Gasteiger partial charge in [0.05, 0.1) is 13.1 Å². The Balaban J connectivity index is 1.65. The first-order chi connectivity index (χ1) is 13.5. The van der Waals surface area contributed by atoms with Crippen LogP contribution >= 0.6 is 0 Å². The largest absolute Gasteiger partial charge is 0.377 e. The lowest BCUT2D eigenvalue weighted by atomic mass is 9.85. The van der Waals surface area contributed by atoms with E-state index in [1.165, 1.54) is 5.56 Å². The first-order valence-electron chi connectivity index (χ1n) is 10.0. The molecular weight excluding hydrogens is 352 g/mol. The van der Waals surface area contributed by atoms with Crippen molar-refractivity contribution in [3.63, 3.8) is 0 Å². The van der Waals surface area contributed by atoms with Gasteiger partial charge in [0.25, 0.3) is 0 Å². The summed E-state index contributed by atoms with van der Waals surface area (Å²) in [6.07, 6.45) is 1.92. The van der Waals surface area contributed by atoms with Gasteiger partial charge in [-0.3, -0.25) is 4.99 Å². The zero-order valence-corrected chi connectivity index (χ0v) is 17.4. The summed E-state index contributed by atoms with van der Waals surface area (Å²) in [7, 11) is 1.67. The van der Waals surface area contributed by atoms with Crippen LogP contribution in [-0.2, 0) is 29.7 Å². The van der Waals surface area contributed by atoms with Crippen molar-refractivity contribution in [2.24, 2.45) is 4.99 Å². The molecule has 2 aromatic rings. The molecule has 7 heteroatoms. The van der Waals surface area contributed by atoms with Crippen LogP contribution in [0.15, 0.2) is 35.3 Å². The maximum Gasteiger partial charge on any atom is 0.191 e. The predicted octanol–water partition coefficient (Wildman–Crippen LogP) is 2.27. The van der Waals surface area contributed by atoms with Crippen LogP contribution in [0.4, 0.5) is 0 Å². The summed E-state index contributed by atoms with van der Waals surface area (Å²) in [5.74, 6) is 2.65. The molecule has 1 aliphatic rings. The molecule has 1 aromatic heterocycles. The van der Waals surface area contributed by atoms with E-state index < -0.39 is 0 Å². The number of rotatable bonds is 7. The molecule has 0 aliphatic carbocycles. The van der Waals surface area contributed by atoms with Gasteiger partial charge < -0.3 is 15.4 Å². The molecular formula is C21H32N6O. The Kier molecular flexibility index (Phi) is 6.67. The third-order valence-corrected chi connectivity index (χ3v) is 5.05. The molecule has 152 valence electrons. The summed E-state index contributed by atoms with van der Waals surface area (Å²) in [6, 6.07) is 10.8. The van der Waals surface area contributed by atoms with Crippen LogP contribution in [0.5, 0.6) is 0 Å². The first kappa shape index (κ1) is 20.3. The summed E-state index contributed by atoms with van der Waals surface area (Å²) in [4.78, 5) is 9.42. The van der Waals surface area contributed by atoms with E-state index in [4.69, 9.17) is 9.73 Å². The maximum atomic E-state index is 5.15. The highest BCUT2D eigenvalue weighted by atomic mass is 16.5. The molecule has 1 unspecified atom stereocenters. The van der Waals surface area contributed by atoms with E-state index in [1.54, 1.807) is 7.11 Å². The Morgan fingerprint density at radius 3 is 2.82 bits per heavy atom. The number of hydrogen-bond acceptors (Lipinski definition) is 4. The molecule has 7 nitrogen and oxygen atoms in total. The van der Waals surface area contributed by atoms with Gasteiger partial charge in [-0.1, -0.05) is 44.2 Å². The highest BCUT2D eigenvalue weighted by Crippen LogP contribution is 2.23. The lowest BCUT2D eigenvalue weighted by Gasteiger charge is -2.27. The van der Waals surface area contributed by atoms with Gasteiger partial charge in [-0.2, -0.15) is 5.10 Å². The van der Waals surface area contributed by atoms with E-state index in [-0.39, 0.29) is 11.5 Å². The van der Waals surface area contributed by atoms with Gasteiger partial charge in [-0.05, 0) is 18.9 Å². The number of guanidine groups is 1. The number of nitrogens with one attached hydrogen (secondary N) is 2. The van der Waals surface area contributed by atoms with E-state index >= 15 is 0 Å². The van der Waals surface area contributed by atoms with Crippen molar-refractivity contribution in [1.29, 1.82) is 0 Å². The highest BCUT2D eigenvalue weighted by molar-refractivity contribution is 5.80. The number of benzene rings is 1. The minimum absolute atomic E-state index is 0.0235. The molecule has 3 rings (SSSR count). The zero-order chi connectivity index (χ0) is 20.0. The molecule has 0 amide bonds. The minimum atomic E-state index is -0.0235. The lowest BCUT2D eigenvalue weighted by molar-refractivity contribution is 0.177. The highest BCUT2D eigenvalue weighted by Gasteiger charge is 2.23. The summed E-state index contributed by atoms with van der Waals surface area (Å²) < 4.78 is 7.14. The van der Waals surface area contributed by atoms with Crippen LogP contribution in [0.2, 0.25) is 0 Å². The second-order valence-electron chi connectivity index (χ2n) is 7.88. The fraction of sp³-hybridized carbons (Fsp3) is 0.571. The zero-order valence-electron chi connectivity index (χ0n) is 17.4. The Hall–Kier alpha value is -2.41. The van der Waals surface area contributed by atoms with Crippen LogP contribution in [-0.4, -0.2) is 47.0 Å². The third-order valence-electron chi connectivity index (χ3n) is 5.05. The number of aromatic nitrogens is 3. The fourth-order valence-electron chi connectivity index (χ4n) is 3.44. The molecule has 2 N–H and O–H groups in total. The molecule has 1 aliphatic heterocycles. The number of hydrogen-bond donors (Lipinski definition) is 2. The molecule has 2 heterocycles. The fourth-order valence-corrected chi connectivity index (χ4v) is 3.44. The molecule has 0 saturated heterocycles. The van der Waals surface area contributed by atoms with Gasteiger partial charge in [0.1, 0.15) is 12.4 Å². The molecule has 0 radical (unpaired) electrons. The van der Waals surface area contributed by atoms with Crippen LogP contribution in [0.1, 0.15) is 44.4 Å². The second-order valence-corrected chi connectivity index (χ2v) is 7.88. The second kappa shape index (κ2) is 9.19. The molecule has 0 spiro atoms. The normalized spacial score (nSPS) is 17.3. The summed E-state index contributed by atoms with van der Waals surface area (Å²) in [5.41, 5.74) is 1.27. The molecule has 28 heavy (non-hydrogen) atoms. The van der Waals surface area contributed by atoms with Crippen molar-refractivity contribution in [2.75, 3.05) is 20.2 Å². The van der Waals surface area contributed by atoms with Crippen molar-refractivity contribution < 1.29 is 4.74 Å². The number of nitrogens with zero attached hydrogens (tertiary/aromatic N) is 4. The van der Waals surface area contributed by atoms with Gasteiger partial charge in [-0.25, -0.2) is 9.67 Å². The van der Waals surface area contributed by atoms with Crippen molar-refractivity contribution in [3.05, 3.63) is 47.5 Å². The summed E-state index contributed by atoms with van der Waals surface area (Å²) in [6.45, 7) is 9.34. The monoisotopic (exact) mass is 384 g/mol. The average molecular weight is 385 g/mol. The van der Waals surface area contributed by atoms with Crippen LogP contribution in [0.3, 0.4) is 0 Å². The summed E-state index contributed by atoms with van der Waals surface area (Å²) in [5, 5.41) is 11.5. The van der Waals surface area contributed by atoms with Gasteiger partial charge in [0.15, 0.2) is 11.8 Å². The summed E-state index contributed by atoms with van der Waals surface area (Å²) >= 11 is 0. The van der Waals surface area contributed by atoms with Crippen LogP contribution < -0.4 is 10.6 Å².